The Morgan fingerprint density at radius 3 is 2.75 bits per heavy atom. The van der Waals surface area contributed by atoms with Crippen LogP contribution in [-0.2, 0) is 4.79 Å². The van der Waals surface area contributed by atoms with Gasteiger partial charge in [0.15, 0.2) is 0 Å². The van der Waals surface area contributed by atoms with Crippen molar-refractivity contribution in [1.82, 2.24) is 4.90 Å². The van der Waals surface area contributed by atoms with Gasteiger partial charge in [0.1, 0.15) is 5.54 Å². The van der Waals surface area contributed by atoms with Crippen LogP contribution in [0.2, 0.25) is 0 Å². The molecule has 1 atom stereocenters. The number of anilines is 1. The van der Waals surface area contributed by atoms with Crippen LogP contribution in [0.4, 0.5) is 10.5 Å². The van der Waals surface area contributed by atoms with Crippen LogP contribution in [0.5, 0.6) is 0 Å². The molecule has 2 amide bonds. The van der Waals surface area contributed by atoms with Gasteiger partial charge in [-0.2, -0.15) is 0 Å². The summed E-state index contributed by atoms with van der Waals surface area (Å²) >= 11 is 1.54. The Morgan fingerprint density at radius 2 is 2.10 bits per heavy atom. The Hall–Kier alpha value is -1.69. The van der Waals surface area contributed by atoms with Crippen molar-refractivity contribution < 1.29 is 14.7 Å². The smallest absolute Gasteiger partial charge is 0.329 e. The van der Waals surface area contributed by atoms with Crippen molar-refractivity contribution in [3.8, 4) is 0 Å². The highest BCUT2D eigenvalue weighted by atomic mass is 32.2. The lowest BCUT2D eigenvalue weighted by Crippen LogP contribution is -2.52. The maximum atomic E-state index is 12.3. The summed E-state index contributed by atoms with van der Waals surface area (Å²) in [5.74, 6) is -0.955. The Balaban J connectivity index is 2.18. The number of carboxylic acid groups (broad SMARTS) is 1. The first-order chi connectivity index (χ1) is 9.49. The predicted molar refractivity (Wildman–Crippen MR) is 79.2 cm³/mol. The number of hydrogen-bond donors (Lipinski definition) is 2. The Morgan fingerprint density at radius 1 is 1.40 bits per heavy atom. The topological polar surface area (TPSA) is 69.6 Å². The monoisotopic (exact) mass is 294 g/mol. The number of hydrogen-bond acceptors (Lipinski definition) is 3. The molecule has 1 unspecified atom stereocenters. The van der Waals surface area contributed by atoms with Crippen LogP contribution >= 0.6 is 11.8 Å². The van der Waals surface area contributed by atoms with Crippen LogP contribution in [0.1, 0.15) is 19.8 Å². The summed E-state index contributed by atoms with van der Waals surface area (Å²) in [5.41, 5.74) is -0.400. The van der Waals surface area contributed by atoms with E-state index in [1.807, 2.05) is 30.5 Å². The molecular formula is C14H18N2O3S. The number of carbonyl (C=O) groups excluding carboxylic acids is 1. The van der Waals surface area contributed by atoms with Crippen molar-refractivity contribution in [3.05, 3.63) is 24.3 Å². The number of aliphatic carboxylic acids is 1. The third-order valence-electron chi connectivity index (χ3n) is 3.70. The normalized spacial score (nSPS) is 21.8. The van der Waals surface area contributed by atoms with Crippen LogP contribution in [0.3, 0.4) is 0 Å². The highest BCUT2D eigenvalue weighted by molar-refractivity contribution is 7.98. The van der Waals surface area contributed by atoms with Crippen LogP contribution in [0.25, 0.3) is 0 Å². The molecule has 1 heterocycles. The molecule has 1 aromatic rings. The first-order valence-corrected chi connectivity index (χ1v) is 7.66. The van der Waals surface area contributed by atoms with E-state index in [1.54, 1.807) is 6.92 Å². The number of urea groups is 1. The molecule has 1 aliphatic rings. The molecule has 0 aromatic heterocycles. The second-order valence-electron chi connectivity index (χ2n) is 4.96. The van der Waals surface area contributed by atoms with Gasteiger partial charge >= 0.3 is 12.0 Å². The van der Waals surface area contributed by atoms with Crippen LogP contribution < -0.4 is 5.32 Å². The fourth-order valence-corrected chi connectivity index (χ4v) is 3.00. The lowest BCUT2D eigenvalue weighted by atomic mass is 10.00. The van der Waals surface area contributed by atoms with E-state index in [1.165, 1.54) is 16.7 Å². The standard InChI is InChI=1S/C14H18N2O3S/c1-14(12(17)18)8-5-9-16(14)13(19)15-10-6-3-4-7-11(10)20-2/h3-4,6-7H,5,8-9H2,1-2H3,(H,15,19)(H,17,18). The summed E-state index contributed by atoms with van der Waals surface area (Å²) in [5, 5.41) is 12.1. The van der Waals surface area contributed by atoms with Crippen molar-refractivity contribution in [3.63, 3.8) is 0 Å². The molecule has 108 valence electrons. The molecule has 1 aliphatic heterocycles. The summed E-state index contributed by atoms with van der Waals surface area (Å²) in [6.07, 6.45) is 3.13. The van der Waals surface area contributed by atoms with E-state index < -0.39 is 11.5 Å². The van der Waals surface area contributed by atoms with Crippen molar-refractivity contribution in [2.24, 2.45) is 0 Å². The van der Waals surface area contributed by atoms with E-state index >= 15 is 0 Å². The quantitative estimate of drug-likeness (QED) is 0.841. The second-order valence-corrected chi connectivity index (χ2v) is 5.81. The van der Waals surface area contributed by atoms with E-state index in [9.17, 15) is 14.7 Å². The maximum Gasteiger partial charge on any atom is 0.329 e. The molecule has 1 aromatic carbocycles. The fourth-order valence-electron chi connectivity index (χ4n) is 2.44. The number of carboxylic acids is 1. The van der Waals surface area contributed by atoms with Crippen LogP contribution in [0, 0.1) is 0 Å². The first-order valence-electron chi connectivity index (χ1n) is 6.44. The molecule has 2 N–H and O–H groups in total. The van der Waals surface area contributed by atoms with Gasteiger partial charge in [0, 0.05) is 11.4 Å². The number of amides is 2. The van der Waals surface area contributed by atoms with E-state index in [2.05, 4.69) is 5.32 Å². The zero-order valence-electron chi connectivity index (χ0n) is 11.5. The molecule has 6 heteroatoms. The van der Waals surface area contributed by atoms with Crippen LogP contribution in [0.15, 0.2) is 29.2 Å². The summed E-state index contributed by atoms with van der Waals surface area (Å²) in [6.45, 7) is 2.07. The molecule has 2 rings (SSSR count). The molecule has 1 saturated heterocycles. The Labute approximate surface area is 122 Å². The number of benzene rings is 1. The third-order valence-corrected chi connectivity index (χ3v) is 4.49. The number of rotatable bonds is 3. The van der Waals surface area contributed by atoms with Crippen LogP contribution in [-0.4, -0.2) is 40.3 Å². The summed E-state index contributed by atoms with van der Waals surface area (Å²) < 4.78 is 0. The van der Waals surface area contributed by atoms with Crippen molar-refractivity contribution >= 4 is 29.4 Å². The number of likely N-dealkylation sites (tertiary alicyclic amines) is 1. The number of nitrogens with one attached hydrogen (secondary N) is 1. The zero-order chi connectivity index (χ0) is 14.8. The average molecular weight is 294 g/mol. The molecule has 0 aliphatic carbocycles. The highest BCUT2D eigenvalue weighted by Gasteiger charge is 2.46. The Kier molecular flexibility index (Phi) is 4.23. The van der Waals surface area contributed by atoms with Gasteiger partial charge < -0.3 is 15.3 Å². The van der Waals surface area contributed by atoms with E-state index in [4.69, 9.17) is 0 Å². The van der Waals surface area contributed by atoms with Gasteiger partial charge in [-0.05, 0) is 38.2 Å². The molecule has 0 spiro atoms. The average Bonchev–Trinajstić information content (AvgIpc) is 2.83. The molecule has 1 fully saturated rings. The lowest BCUT2D eigenvalue weighted by Gasteiger charge is -2.31. The molecule has 0 saturated carbocycles. The predicted octanol–water partition coefficient (Wildman–Crippen LogP) is 2.88. The molecule has 0 radical (unpaired) electrons. The third kappa shape index (κ3) is 2.60. The van der Waals surface area contributed by atoms with E-state index in [0.717, 1.165) is 4.90 Å². The summed E-state index contributed by atoms with van der Waals surface area (Å²) in [4.78, 5) is 26.1. The SMILES string of the molecule is CSc1ccccc1NC(=O)N1CCCC1(C)C(=O)O. The van der Waals surface area contributed by atoms with Gasteiger partial charge in [-0.3, -0.25) is 0 Å². The fraction of sp³-hybridized carbons (Fsp3) is 0.429. The van der Waals surface area contributed by atoms with E-state index in [0.29, 0.717) is 25.1 Å². The maximum absolute atomic E-state index is 12.3. The summed E-state index contributed by atoms with van der Waals surface area (Å²) in [7, 11) is 0. The summed E-state index contributed by atoms with van der Waals surface area (Å²) in [6, 6.07) is 7.13. The number of para-hydroxylation sites is 1. The van der Waals surface area contributed by atoms with Gasteiger partial charge in [-0.1, -0.05) is 12.1 Å². The first kappa shape index (κ1) is 14.7. The van der Waals surface area contributed by atoms with Gasteiger partial charge in [0.25, 0.3) is 0 Å². The molecule has 0 bridgehead atoms. The van der Waals surface area contributed by atoms with Crippen molar-refractivity contribution in [2.45, 2.75) is 30.2 Å². The number of carbonyl (C=O) groups is 2. The van der Waals surface area contributed by atoms with Gasteiger partial charge in [0.2, 0.25) is 0 Å². The zero-order valence-corrected chi connectivity index (χ0v) is 12.4. The largest absolute Gasteiger partial charge is 0.480 e. The molecule has 5 nitrogen and oxygen atoms in total. The van der Waals surface area contributed by atoms with Crippen molar-refractivity contribution in [1.29, 1.82) is 0 Å². The highest BCUT2D eigenvalue weighted by Crippen LogP contribution is 2.31. The number of thioether (sulfide) groups is 1. The molecular weight excluding hydrogens is 276 g/mol. The van der Waals surface area contributed by atoms with Gasteiger partial charge in [0.05, 0.1) is 5.69 Å². The van der Waals surface area contributed by atoms with Crippen molar-refractivity contribution in [2.75, 3.05) is 18.1 Å². The lowest BCUT2D eigenvalue weighted by molar-refractivity contribution is -0.146. The minimum Gasteiger partial charge on any atom is -0.480 e. The minimum absolute atomic E-state index is 0.353. The van der Waals surface area contributed by atoms with E-state index in [-0.39, 0.29) is 6.03 Å². The second kappa shape index (κ2) is 5.75. The van der Waals surface area contributed by atoms with Gasteiger partial charge in [-0.25, -0.2) is 9.59 Å². The minimum atomic E-state index is -1.11. The Bertz CT molecular complexity index is 535. The molecule has 20 heavy (non-hydrogen) atoms. The number of nitrogens with zero attached hydrogens (tertiary/aromatic N) is 1. The van der Waals surface area contributed by atoms with Gasteiger partial charge in [-0.15, -0.1) is 11.8 Å².